The van der Waals surface area contributed by atoms with Crippen LogP contribution in [-0.2, 0) is 10.0 Å². The van der Waals surface area contributed by atoms with Crippen molar-refractivity contribution in [2.45, 2.75) is 25.7 Å². The molecule has 7 heteroatoms. The van der Waals surface area contributed by atoms with Crippen molar-refractivity contribution in [1.29, 1.82) is 0 Å². The number of nitrogens with one attached hydrogen (secondary N) is 1. The Hall–Kier alpha value is -2.25. The first-order valence-corrected chi connectivity index (χ1v) is 9.15. The highest BCUT2D eigenvalue weighted by molar-refractivity contribution is 7.89. The van der Waals surface area contributed by atoms with Crippen LogP contribution in [0.3, 0.4) is 0 Å². The number of benzene rings is 1. The van der Waals surface area contributed by atoms with Crippen molar-refractivity contribution in [2.24, 2.45) is 0 Å². The van der Waals surface area contributed by atoms with E-state index in [1.54, 1.807) is 26.2 Å². The number of aryl methyl sites for hydroxylation is 1. The number of aromatic nitrogens is 1. The second-order valence-electron chi connectivity index (χ2n) is 5.32. The topological polar surface area (TPSA) is 79.4 Å². The number of hydrogen-bond donors (Lipinski definition) is 1. The van der Waals surface area contributed by atoms with Crippen LogP contribution in [-0.4, -0.2) is 36.7 Å². The monoisotopic (exact) mass is 347 g/mol. The van der Waals surface area contributed by atoms with Crippen molar-refractivity contribution < 1.29 is 13.2 Å². The minimum Gasteiger partial charge on any atom is -0.321 e. The maximum Gasteiger partial charge on any atom is 0.255 e. The van der Waals surface area contributed by atoms with Crippen LogP contribution in [0.15, 0.2) is 47.6 Å². The van der Waals surface area contributed by atoms with E-state index in [9.17, 15) is 13.2 Å². The Labute approximate surface area is 142 Å². The Bertz CT molecular complexity index is 813. The average molecular weight is 347 g/mol. The van der Waals surface area contributed by atoms with Gasteiger partial charge in [-0.15, -0.1) is 0 Å². The van der Waals surface area contributed by atoms with Crippen molar-refractivity contribution in [3.8, 4) is 0 Å². The SMILES string of the molecule is CCN(CC)S(=O)(=O)c1ccc(C(=O)Nc2cncc(C)c2)cc1. The molecular weight excluding hydrogens is 326 g/mol. The molecule has 0 bridgehead atoms. The second-order valence-corrected chi connectivity index (χ2v) is 7.26. The molecule has 1 amide bonds. The van der Waals surface area contributed by atoms with Crippen LogP contribution in [0.1, 0.15) is 29.8 Å². The first-order valence-electron chi connectivity index (χ1n) is 7.71. The molecule has 1 N–H and O–H groups in total. The van der Waals surface area contributed by atoms with Gasteiger partial charge in [-0.3, -0.25) is 9.78 Å². The van der Waals surface area contributed by atoms with Gasteiger partial charge in [-0.25, -0.2) is 8.42 Å². The molecule has 0 atom stereocenters. The smallest absolute Gasteiger partial charge is 0.255 e. The molecule has 2 rings (SSSR count). The van der Waals surface area contributed by atoms with Crippen LogP contribution in [0.25, 0.3) is 0 Å². The molecule has 0 radical (unpaired) electrons. The number of sulfonamides is 1. The third kappa shape index (κ3) is 3.98. The lowest BCUT2D eigenvalue weighted by Crippen LogP contribution is -2.30. The van der Waals surface area contributed by atoms with Gasteiger partial charge in [0.25, 0.3) is 5.91 Å². The quantitative estimate of drug-likeness (QED) is 0.871. The van der Waals surface area contributed by atoms with Gasteiger partial charge in [0, 0.05) is 24.8 Å². The minimum atomic E-state index is -3.52. The molecule has 6 nitrogen and oxygen atoms in total. The molecule has 0 saturated heterocycles. The highest BCUT2D eigenvalue weighted by Crippen LogP contribution is 2.17. The number of nitrogens with zero attached hydrogens (tertiary/aromatic N) is 2. The molecule has 128 valence electrons. The zero-order valence-electron chi connectivity index (χ0n) is 14.0. The number of rotatable bonds is 6. The molecule has 24 heavy (non-hydrogen) atoms. The lowest BCUT2D eigenvalue weighted by molar-refractivity contribution is 0.102. The van der Waals surface area contributed by atoms with E-state index >= 15 is 0 Å². The van der Waals surface area contributed by atoms with Gasteiger partial charge in [0.05, 0.1) is 16.8 Å². The molecule has 1 aromatic heterocycles. The second kappa shape index (κ2) is 7.55. The summed E-state index contributed by atoms with van der Waals surface area (Å²) in [7, 11) is -3.52. The van der Waals surface area contributed by atoms with Gasteiger partial charge in [0.2, 0.25) is 10.0 Å². The highest BCUT2D eigenvalue weighted by Gasteiger charge is 2.21. The number of hydrogen-bond acceptors (Lipinski definition) is 4. The zero-order chi connectivity index (χ0) is 17.7. The predicted octanol–water partition coefficient (Wildman–Crippen LogP) is 2.67. The highest BCUT2D eigenvalue weighted by atomic mass is 32.2. The Morgan fingerprint density at radius 1 is 1.12 bits per heavy atom. The van der Waals surface area contributed by atoms with Crippen LogP contribution in [0, 0.1) is 6.92 Å². The normalized spacial score (nSPS) is 11.5. The van der Waals surface area contributed by atoms with E-state index in [1.807, 2.05) is 13.0 Å². The van der Waals surface area contributed by atoms with Crippen molar-refractivity contribution in [3.63, 3.8) is 0 Å². The molecular formula is C17H21N3O3S. The largest absolute Gasteiger partial charge is 0.321 e. The summed E-state index contributed by atoms with van der Waals surface area (Å²) in [6.07, 6.45) is 3.26. The molecule has 0 unspecified atom stereocenters. The van der Waals surface area contributed by atoms with E-state index in [0.717, 1.165) is 5.56 Å². The Kier molecular flexibility index (Phi) is 5.69. The van der Waals surface area contributed by atoms with E-state index < -0.39 is 10.0 Å². The number of carbonyl (C=O) groups is 1. The van der Waals surface area contributed by atoms with Crippen LogP contribution in [0.4, 0.5) is 5.69 Å². The van der Waals surface area contributed by atoms with Crippen molar-refractivity contribution in [3.05, 3.63) is 53.9 Å². The van der Waals surface area contributed by atoms with Crippen LogP contribution in [0.2, 0.25) is 0 Å². The number of carbonyl (C=O) groups excluding carboxylic acids is 1. The van der Waals surface area contributed by atoms with Crippen molar-refractivity contribution in [1.82, 2.24) is 9.29 Å². The Morgan fingerprint density at radius 2 is 1.75 bits per heavy atom. The summed E-state index contributed by atoms with van der Waals surface area (Å²) >= 11 is 0. The molecule has 0 fully saturated rings. The summed E-state index contributed by atoms with van der Waals surface area (Å²) < 4.78 is 26.2. The third-order valence-electron chi connectivity index (χ3n) is 3.59. The summed E-state index contributed by atoms with van der Waals surface area (Å²) in [4.78, 5) is 16.4. The molecule has 1 heterocycles. The van der Waals surface area contributed by atoms with E-state index in [0.29, 0.717) is 24.3 Å². The van der Waals surface area contributed by atoms with Crippen molar-refractivity contribution in [2.75, 3.05) is 18.4 Å². The standard InChI is InChI=1S/C17H21N3O3S/c1-4-20(5-2)24(22,23)16-8-6-14(7-9-16)17(21)19-15-10-13(3)11-18-12-15/h6-12H,4-5H2,1-3H3,(H,19,21). The summed E-state index contributed by atoms with van der Waals surface area (Å²) in [6.45, 7) is 6.27. The maximum atomic E-state index is 12.4. The molecule has 0 aliphatic carbocycles. The fourth-order valence-electron chi connectivity index (χ4n) is 2.32. The van der Waals surface area contributed by atoms with Gasteiger partial charge >= 0.3 is 0 Å². The van der Waals surface area contributed by atoms with Crippen LogP contribution < -0.4 is 5.32 Å². The lowest BCUT2D eigenvalue weighted by Gasteiger charge is -2.18. The van der Waals surface area contributed by atoms with Crippen LogP contribution >= 0.6 is 0 Å². The van der Waals surface area contributed by atoms with Gasteiger partial charge in [-0.05, 0) is 42.8 Å². The van der Waals surface area contributed by atoms with Gasteiger partial charge in [-0.1, -0.05) is 13.8 Å². The maximum absolute atomic E-state index is 12.4. The Morgan fingerprint density at radius 3 is 2.29 bits per heavy atom. The molecule has 1 aromatic carbocycles. The summed E-state index contributed by atoms with van der Waals surface area (Å²) in [5.41, 5.74) is 1.92. The summed E-state index contributed by atoms with van der Waals surface area (Å²) in [6, 6.07) is 7.74. The first-order chi connectivity index (χ1) is 11.4. The van der Waals surface area contributed by atoms with E-state index in [1.165, 1.54) is 28.6 Å². The first kappa shape index (κ1) is 18.1. The van der Waals surface area contributed by atoms with Gasteiger partial charge in [-0.2, -0.15) is 4.31 Å². The van der Waals surface area contributed by atoms with Crippen LogP contribution in [0.5, 0.6) is 0 Å². The number of anilines is 1. The van der Waals surface area contributed by atoms with Gasteiger partial charge < -0.3 is 5.32 Å². The van der Waals surface area contributed by atoms with E-state index in [4.69, 9.17) is 0 Å². The fourth-order valence-corrected chi connectivity index (χ4v) is 3.78. The molecule has 0 saturated carbocycles. The molecule has 2 aromatic rings. The summed E-state index contributed by atoms with van der Waals surface area (Å²) in [5, 5.41) is 2.74. The average Bonchev–Trinajstić information content (AvgIpc) is 2.56. The third-order valence-corrected chi connectivity index (χ3v) is 5.66. The van der Waals surface area contributed by atoms with Gasteiger partial charge in [0.1, 0.15) is 0 Å². The van der Waals surface area contributed by atoms with Gasteiger partial charge in [0.15, 0.2) is 0 Å². The van der Waals surface area contributed by atoms with E-state index in [-0.39, 0.29) is 10.8 Å². The molecule has 0 spiro atoms. The molecule has 0 aliphatic rings. The number of pyridine rings is 1. The van der Waals surface area contributed by atoms with E-state index in [2.05, 4.69) is 10.3 Å². The molecule has 0 aliphatic heterocycles. The summed E-state index contributed by atoms with van der Waals surface area (Å²) in [5.74, 6) is -0.311. The minimum absolute atomic E-state index is 0.181. The fraction of sp³-hybridized carbons (Fsp3) is 0.294. The Balaban J connectivity index is 2.18. The predicted molar refractivity (Wildman–Crippen MR) is 93.5 cm³/mol. The zero-order valence-corrected chi connectivity index (χ0v) is 14.8. The number of amides is 1. The lowest BCUT2D eigenvalue weighted by atomic mass is 10.2. The van der Waals surface area contributed by atoms with Crippen molar-refractivity contribution >= 4 is 21.6 Å².